The zero-order valence-corrected chi connectivity index (χ0v) is 15.8. The number of benzene rings is 1. The van der Waals surface area contributed by atoms with Gasteiger partial charge in [-0.2, -0.15) is 0 Å². The number of thiazole rings is 1. The second-order valence-electron chi connectivity index (χ2n) is 6.56. The van der Waals surface area contributed by atoms with Gasteiger partial charge in [0.25, 0.3) is 0 Å². The van der Waals surface area contributed by atoms with Crippen LogP contribution in [0.2, 0.25) is 0 Å². The summed E-state index contributed by atoms with van der Waals surface area (Å²) in [6, 6.07) is 6.09. The van der Waals surface area contributed by atoms with Crippen molar-refractivity contribution in [3.8, 4) is 10.6 Å². The summed E-state index contributed by atoms with van der Waals surface area (Å²) < 4.78 is 25.4. The van der Waals surface area contributed by atoms with Gasteiger partial charge in [0.1, 0.15) is 16.1 Å². The third-order valence-corrected chi connectivity index (χ3v) is 5.72. The van der Waals surface area contributed by atoms with Crippen molar-refractivity contribution in [2.75, 3.05) is 0 Å². The van der Waals surface area contributed by atoms with Gasteiger partial charge in [-0.3, -0.25) is 9.00 Å². The van der Waals surface area contributed by atoms with Crippen LogP contribution in [0.1, 0.15) is 33.4 Å². The van der Waals surface area contributed by atoms with Crippen molar-refractivity contribution in [2.45, 2.75) is 44.2 Å². The molecule has 1 aromatic heterocycles. The van der Waals surface area contributed by atoms with E-state index in [1.165, 1.54) is 23.5 Å². The smallest absolute Gasteiger partial charge is 0.235 e. The zero-order chi connectivity index (χ0) is 17.9. The predicted molar refractivity (Wildman–Crippen MR) is 96.7 cm³/mol. The Morgan fingerprint density at radius 2 is 1.96 bits per heavy atom. The molecule has 0 saturated carbocycles. The minimum absolute atomic E-state index is 0.219. The Bertz CT molecular complexity index is 736. The monoisotopic (exact) mass is 368 g/mol. The van der Waals surface area contributed by atoms with Crippen LogP contribution in [0, 0.1) is 5.82 Å². The molecule has 0 aliphatic rings. The fourth-order valence-corrected chi connectivity index (χ4v) is 3.88. The van der Waals surface area contributed by atoms with E-state index in [2.05, 4.69) is 10.3 Å². The van der Waals surface area contributed by atoms with Gasteiger partial charge in [0.15, 0.2) is 0 Å². The van der Waals surface area contributed by atoms with Crippen LogP contribution < -0.4 is 5.32 Å². The number of amides is 1. The van der Waals surface area contributed by atoms with Gasteiger partial charge in [0, 0.05) is 27.3 Å². The minimum Gasteiger partial charge on any atom is -0.350 e. The Labute approximate surface area is 148 Å². The van der Waals surface area contributed by atoms with Crippen molar-refractivity contribution in [2.24, 2.45) is 0 Å². The van der Waals surface area contributed by atoms with Crippen molar-refractivity contribution < 1.29 is 13.4 Å². The van der Waals surface area contributed by atoms with E-state index in [1.807, 2.05) is 26.2 Å². The molecule has 130 valence electrons. The first-order valence-electron chi connectivity index (χ1n) is 7.55. The quantitative estimate of drug-likeness (QED) is 0.879. The van der Waals surface area contributed by atoms with Gasteiger partial charge >= 0.3 is 0 Å². The zero-order valence-electron chi connectivity index (χ0n) is 14.1. The third kappa shape index (κ3) is 5.21. The first-order chi connectivity index (χ1) is 11.2. The van der Waals surface area contributed by atoms with E-state index in [9.17, 15) is 13.4 Å². The molecule has 7 heteroatoms. The highest BCUT2D eigenvalue weighted by Gasteiger charge is 2.24. The molecule has 0 fully saturated rings. The molecule has 1 amide bonds. The Morgan fingerprint density at radius 1 is 1.33 bits per heavy atom. The molecule has 0 bridgehead atoms. The van der Waals surface area contributed by atoms with E-state index in [4.69, 9.17) is 0 Å². The molecule has 4 nitrogen and oxygen atoms in total. The minimum atomic E-state index is -1.36. The van der Waals surface area contributed by atoms with E-state index >= 15 is 0 Å². The molecular weight excluding hydrogens is 347 g/mol. The lowest BCUT2D eigenvalue weighted by Gasteiger charge is -2.22. The van der Waals surface area contributed by atoms with Gasteiger partial charge in [0.05, 0.1) is 11.4 Å². The van der Waals surface area contributed by atoms with Crippen molar-refractivity contribution in [1.29, 1.82) is 0 Å². The largest absolute Gasteiger partial charge is 0.350 e. The summed E-state index contributed by atoms with van der Waals surface area (Å²) in [5.41, 5.74) is 1.14. The van der Waals surface area contributed by atoms with E-state index in [-0.39, 0.29) is 23.0 Å². The molecule has 24 heavy (non-hydrogen) atoms. The Balaban J connectivity index is 2.02. The highest BCUT2D eigenvalue weighted by molar-refractivity contribution is 7.85. The van der Waals surface area contributed by atoms with Gasteiger partial charge in [-0.05, 0) is 52.0 Å². The summed E-state index contributed by atoms with van der Waals surface area (Å²) >= 11 is 1.41. The molecule has 0 radical (unpaired) electrons. The number of hydrogen-bond acceptors (Lipinski definition) is 4. The molecule has 0 unspecified atom stereocenters. The van der Waals surface area contributed by atoms with Crippen LogP contribution in [0.15, 0.2) is 29.6 Å². The maximum absolute atomic E-state index is 13.0. The van der Waals surface area contributed by atoms with Crippen molar-refractivity contribution in [3.05, 3.63) is 41.2 Å². The number of rotatable bonds is 5. The highest BCUT2D eigenvalue weighted by atomic mass is 32.2. The fraction of sp³-hybridized carbons (Fsp3) is 0.412. The van der Waals surface area contributed by atoms with Crippen LogP contribution >= 0.6 is 11.3 Å². The normalized spacial score (nSPS) is 14.2. The second kappa shape index (κ2) is 7.53. The summed E-state index contributed by atoms with van der Waals surface area (Å²) in [7, 11) is -1.36. The number of aromatic nitrogens is 1. The van der Waals surface area contributed by atoms with Crippen LogP contribution in [0.5, 0.6) is 0 Å². The number of carbonyl (C=O) groups excluding carboxylic acids is 1. The first kappa shape index (κ1) is 18.7. The summed E-state index contributed by atoms with van der Waals surface area (Å²) in [4.78, 5) is 16.5. The van der Waals surface area contributed by atoms with E-state index in [0.717, 1.165) is 10.6 Å². The molecule has 0 aliphatic carbocycles. The topological polar surface area (TPSA) is 59.1 Å². The van der Waals surface area contributed by atoms with Gasteiger partial charge < -0.3 is 5.32 Å². The van der Waals surface area contributed by atoms with Crippen LogP contribution in [-0.2, 0) is 21.3 Å². The Kier molecular flexibility index (Phi) is 5.87. The lowest BCUT2D eigenvalue weighted by Crippen LogP contribution is -2.46. The van der Waals surface area contributed by atoms with E-state index < -0.39 is 16.0 Å². The highest BCUT2D eigenvalue weighted by Crippen LogP contribution is 2.24. The maximum Gasteiger partial charge on any atom is 0.235 e. The van der Waals surface area contributed by atoms with Crippen molar-refractivity contribution in [1.82, 2.24) is 10.3 Å². The van der Waals surface area contributed by atoms with Crippen LogP contribution in [0.4, 0.5) is 4.39 Å². The van der Waals surface area contributed by atoms with Gasteiger partial charge in [0.2, 0.25) is 5.91 Å². The Morgan fingerprint density at radius 3 is 2.54 bits per heavy atom. The van der Waals surface area contributed by atoms with Crippen LogP contribution in [0.3, 0.4) is 0 Å². The first-order valence-corrected chi connectivity index (χ1v) is 9.81. The fourth-order valence-electron chi connectivity index (χ4n) is 1.96. The van der Waals surface area contributed by atoms with Gasteiger partial charge in [-0.1, -0.05) is 0 Å². The standard InChI is InChI=1S/C17H21FN2O2S2/c1-11(15(21)20-17(2,3)4)24(22)10-14-9-23-16(19-14)12-5-7-13(18)8-6-12/h5-9,11H,10H2,1-4H3,(H,20,21)/t11-,24-/m1/s1. The van der Waals surface area contributed by atoms with Crippen LogP contribution in [0.25, 0.3) is 10.6 Å². The average molecular weight is 368 g/mol. The van der Waals surface area contributed by atoms with Gasteiger partial charge in [-0.15, -0.1) is 11.3 Å². The second-order valence-corrected chi connectivity index (χ2v) is 9.17. The maximum atomic E-state index is 13.0. The number of halogens is 1. The predicted octanol–water partition coefficient (Wildman–Crippen LogP) is 3.50. The van der Waals surface area contributed by atoms with Gasteiger partial charge in [-0.25, -0.2) is 9.37 Å². The lowest BCUT2D eigenvalue weighted by atomic mass is 10.1. The molecule has 2 atom stereocenters. The van der Waals surface area contributed by atoms with Crippen LogP contribution in [-0.4, -0.2) is 25.9 Å². The molecule has 0 saturated heterocycles. The molecule has 0 aliphatic heterocycles. The Hall–Kier alpha value is -1.60. The van der Waals surface area contributed by atoms with E-state index in [0.29, 0.717) is 5.69 Å². The molecular formula is C17H21FN2O2S2. The lowest BCUT2D eigenvalue weighted by molar-refractivity contribution is -0.121. The molecule has 1 N–H and O–H groups in total. The molecule has 2 aromatic rings. The molecule has 1 aromatic carbocycles. The summed E-state index contributed by atoms with van der Waals surface area (Å²) in [5.74, 6) is -0.304. The summed E-state index contributed by atoms with van der Waals surface area (Å²) in [6.07, 6.45) is 0. The summed E-state index contributed by atoms with van der Waals surface area (Å²) in [6.45, 7) is 7.31. The number of hydrogen-bond donors (Lipinski definition) is 1. The van der Waals surface area contributed by atoms with Crippen molar-refractivity contribution >= 4 is 28.0 Å². The van der Waals surface area contributed by atoms with E-state index in [1.54, 1.807) is 19.1 Å². The third-order valence-electron chi connectivity index (χ3n) is 3.19. The molecule has 0 spiro atoms. The average Bonchev–Trinajstić information content (AvgIpc) is 2.93. The number of nitrogens with one attached hydrogen (secondary N) is 1. The number of carbonyl (C=O) groups is 1. The number of nitrogens with zero attached hydrogens (tertiary/aromatic N) is 1. The summed E-state index contributed by atoms with van der Waals surface area (Å²) in [5, 5.41) is 4.79. The SMILES string of the molecule is C[C@H](C(=O)NC(C)(C)C)[S@](=O)Cc1csc(-c2ccc(F)cc2)n1. The molecule has 2 rings (SSSR count). The molecule has 1 heterocycles. The van der Waals surface area contributed by atoms with Crippen molar-refractivity contribution in [3.63, 3.8) is 0 Å².